The first kappa shape index (κ1) is 14.7. The van der Waals surface area contributed by atoms with Crippen molar-refractivity contribution < 1.29 is 21.9 Å². The van der Waals surface area contributed by atoms with Crippen LogP contribution in [0.1, 0.15) is 25.3 Å². The number of benzene rings is 1. The number of hydrogen-bond donors (Lipinski definition) is 1. The van der Waals surface area contributed by atoms with Gasteiger partial charge in [0.05, 0.1) is 5.56 Å². The molecule has 0 radical (unpaired) electrons. The van der Waals surface area contributed by atoms with Gasteiger partial charge in [-0.2, -0.15) is 17.2 Å². The molecule has 20 heavy (non-hydrogen) atoms. The summed E-state index contributed by atoms with van der Waals surface area (Å²) in [5.74, 6) is -0.133. The first-order valence-corrected chi connectivity index (χ1v) is 7.56. The van der Waals surface area contributed by atoms with Crippen molar-refractivity contribution in [3.8, 4) is 5.75 Å². The standard InChI is InChI=1S/C12H14F2N2O3S/c1-2-3-7-15-11-10-8(19-12(13)14)5-4-6-9(10)20(17,18)16-11/h4-6,12H,2-3,7H2,1H3,(H,15,16). The van der Waals surface area contributed by atoms with Crippen molar-refractivity contribution in [1.29, 1.82) is 0 Å². The highest BCUT2D eigenvalue weighted by molar-refractivity contribution is 7.90. The Bertz CT molecular complexity index is 630. The maximum Gasteiger partial charge on any atom is 0.387 e. The zero-order valence-corrected chi connectivity index (χ0v) is 11.6. The molecular weight excluding hydrogens is 290 g/mol. The lowest BCUT2D eigenvalue weighted by atomic mass is 10.1. The molecule has 0 amide bonds. The molecule has 2 rings (SSSR count). The molecule has 1 aliphatic heterocycles. The Kier molecular flexibility index (Phi) is 4.22. The van der Waals surface area contributed by atoms with Crippen LogP contribution >= 0.6 is 0 Å². The Morgan fingerprint density at radius 3 is 2.80 bits per heavy atom. The maximum atomic E-state index is 12.4. The van der Waals surface area contributed by atoms with Crippen LogP contribution in [-0.4, -0.2) is 27.4 Å². The Hall–Kier alpha value is -1.70. The fraction of sp³-hybridized carbons (Fsp3) is 0.417. The smallest absolute Gasteiger partial charge is 0.387 e. The van der Waals surface area contributed by atoms with Crippen molar-refractivity contribution in [1.82, 2.24) is 5.32 Å². The van der Waals surface area contributed by atoms with Gasteiger partial charge in [0.1, 0.15) is 10.6 Å². The number of sulfonamides is 1. The van der Waals surface area contributed by atoms with E-state index >= 15 is 0 Å². The summed E-state index contributed by atoms with van der Waals surface area (Å²) < 4.78 is 56.4. The van der Waals surface area contributed by atoms with Crippen molar-refractivity contribution in [2.75, 3.05) is 6.54 Å². The second-order valence-electron chi connectivity index (χ2n) is 4.20. The maximum absolute atomic E-state index is 12.4. The molecule has 1 N–H and O–H groups in total. The van der Waals surface area contributed by atoms with Crippen LogP contribution in [0.25, 0.3) is 0 Å². The Morgan fingerprint density at radius 1 is 1.40 bits per heavy atom. The third kappa shape index (κ3) is 2.90. The van der Waals surface area contributed by atoms with Crippen LogP contribution in [0.4, 0.5) is 8.78 Å². The van der Waals surface area contributed by atoms with E-state index in [1.54, 1.807) is 0 Å². The zero-order valence-electron chi connectivity index (χ0n) is 10.8. The van der Waals surface area contributed by atoms with E-state index in [-0.39, 0.29) is 22.0 Å². The van der Waals surface area contributed by atoms with Crippen LogP contribution < -0.4 is 10.1 Å². The summed E-state index contributed by atoms with van der Waals surface area (Å²) in [5.41, 5.74) is 0.0731. The summed E-state index contributed by atoms with van der Waals surface area (Å²) >= 11 is 0. The highest BCUT2D eigenvalue weighted by atomic mass is 32.2. The van der Waals surface area contributed by atoms with Gasteiger partial charge in [0.25, 0.3) is 10.0 Å². The molecule has 1 heterocycles. The molecule has 0 bridgehead atoms. The van der Waals surface area contributed by atoms with Crippen LogP contribution in [0, 0.1) is 0 Å². The Labute approximate surface area is 115 Å². The minimum absolute atomic E-state index is 0.0599. The zero-order chi connectivity index (χ0) is 14.8. The molecule has 0 atom stereocenters. The van der Waals surface area contributed by atoms with Gasteiger partial charge in [-0.1, -0.05) is 19.4 Å². The monoisotopic (exact) mass is 304 g/mol. The third-order valence-electron chi connectivity index (χ3n) is 2.75. The number of nitrogens with one attached hydrogen (secondary N) is 1. The number of unbranched alkanes of at least 4 members (excludes halogenated alkanes) is 1. The molecule has 1 aromatic rings. The predicted octanol–water partition coefficient (Wildman–Crippen LogP) is 2.13. The average molecular weight is 304 g/mol. The predicted molar refractivity (Wildman–Crippen MR) is 69.7 cm³/mol. The van der Waals surface area contributed by atoms with Gasteiger partial charge >= 0.3 is 6.61 Å². The number of alkyl halides is 2. The van der Waals surface area contributed by atoms with Crippen LogP contribution in [0.15, 0.2) is 27.5 Å². The number of hydrogen-bond acceptors (Lipinski definition) is 4. The van der Waals surface area contributed by atoms with Crippen LogP contribution in [0.5, 0.6) is 5.75 Å². The molecule has 110 valence electrons. The highest BCUT2D eigenvalue weighted by Gasteiger charge is 2.32. The van der Waals surface area contributed by atoms with Crippen molar-refractivity contribution in [3.05, 3.63) is 23.8 Å². The molecule has 0 aromatic heterocycles. The summed E-state index contributed by atoms with van der Waals surface area (Å²) in [7, 11) is -3.85. The summed E-state index contributed by atoms with van der Waals surface area (Å²) in [5, 5.41) is 2.85. The fourth-order valence-corrected chi connectivity index (χ4v) is 3.07. The van der Waals surface area contributed by atoms with Gasteiger partial charge in [0.2, 0.25) is 0 Å². The minimum atomic E-state index is -3.85. The van der Waals surface area contributed by atoms with Crippen molar-refractivity contribution in [2.24, 2.45) is 4.40 Å². The molecular formula is C12H14F2N2O3S. The lowest BCUT2D eigenvalue weighted by Gasteiger charge is -2.11. The second kappa shape index (κ2) is 5.74. The third-order valence-corrected chi connectivity index (χ3v) is 4.07. The lowest BCUT2D eigenvalue weighted by molar-refractivity contribution is -0.0501. The van der Waals surface area contributed by atoms with Gasteiger partial charge in [-0.3, -0.25) is 0 Å². The first-order chi connectivity index (χ1) is 9.45. The molecule has 0 spiro atoms. The molecule has 1 aliphatic rings. The summed E-state index contributed by atoms with van der Waals surface area (Å²) in [6, 6.07) is 3.96. The van der Waals surface area contributed by atoms with Crippen molar-refractivity contribution in [3.63, 3.8) is 0 Å². The van der Waals surface area contributed by atoms with E-state index in [0.29, 0.717) is 6.54 Å². The lowest BCUT2D eigenvalue weighted by Crippen LogP contribution is -2.25. The number of ether oxygens (including phenoxy) is 1. The number of nitrogens with zero attached hydrogens (tertiary/aromatic N) is 1. The van der Waals surface area contributed by atoms with Crippen LogP contribution in [0.3, 0.4) is 0 Å². The largest absolute Gasteiger partial charge is 0.434 e. The Morgan fingerprint density at radius 2 is 2.15 bits per heavy atom. The van der Waals surface area contributed by atoms with Gasteiger partial charge in [0.15, 0.2) is 5.84 Å². The molecule has 0 saturated heterocycles. The van der Waals surface area contributed by atoms with Crippen LogP contribution in [0.2, 0.25) is 0 Å². The molecule has 0 aliphatic carbocycles. The summed E-state index contributed by atoms with van der Waals surface area (Å²) in [6.07, 6.45) is 1.72. The molecule has 0 fully saturated rings. The fourth-order valence-electron chi connectivity index (χ4n) is 1.87. The first-order valence-electron chi connectivity index (χ1n) is 6.12. The molecule has 1 aromatic carbocycles. The topological polar surface area (TPSA) is 67.8 Å². The van der Waals surface area contributed by atoms with E-state index in [9.17, 15) is 17.2 Å². The quantitative estimate of drug-likeness (QED) is 0.846. The normalized spacial score (nSPS) is 15.9. The van der Waals surface area contributed by atoms with Gasteiger partial charge < -0.3 is 10.1 Å². The Balaban J connectivity index is 2.40. The van der Waals surface area contributed by atoms with Crippen molar-refractivity contribution in [2.45, 2.75) is 31.3 Å². The summed E-state index contributed by atoms with van der Waals surface area (Å²) in [6.45, 7) is -0.539. The SMILES string of the molecule is CCCCNC1=NS(=O)(=O)c2cccc(OC(F)F)c21. The van der Waals surface area contributed by atoms with Gasteiger partial charge in [-0.25, -0.2) is 0 Å². The summed E-state index contributed by atoms with van der Waals surface area (Å²) in [4.78, 5) is -0.116. The van der Waals surface area contributed by atoms with E-state index in [1.165, 1.54) is 18.2 Å². The van der Waals surface area contributed by atoms with E-state index in [4.69, 9.17) is 0 Å². The highest BCUT2D eigenvalue weighted by Crippen LogP contribution is 2.33. The van der Waals surface area contributed by atoms with E-state index < -0.39 is 16.6 Å². The number of halogens is 2. The number of amidine groups is 1. The second-order valence-corrected chi connectivity index (χ2v) is 5.78. The molecule has 0 unspecified atom stereocenters. The number of fused-ring (bicyclic) bond motifs is 1. The van der Waals surface area contributed by atoms with Gasteiger partial charge in [-0.05, 0) is 18.6 Å². The number of rotatable bonds is 5. The van der Waals surface area contributed by atoms with E-state index in [1.807, 2.05) is 6.92 Å². The van der Waals surface area contributed by atoms with Gasteiger partial charge in [-0.15, -0.1) is 4.40 Å². The average Bonchev–Trinajstić information content (AvgIpc) is 2.62. The minimum Gasteiger partial charge on any atom is -0.434 e. The van der Waals surface area contributed by atoms with Crippen LogP contribution in [-0.2, 0) is 10.0 Å². The van der Waals surface area contributed by atoms with Gasteiger partial charge in [0, 0.05) is 6.54 Å². The molecule has 8 heteroatoms. The van der Waals surface area contributed by atoms with E-state index in [2.05, 4.69) is 14.5 Å². The molecule has 5 nitrogen and oxygen atoms in total. The van der Waals surface area contributed by atoms with E-state index in [0.717, 1.165) is 12.8 Å². The van der Waals surface area contributed by atoms with Crippen molar-refractivity contribution >= 4 is 15.9 Å². The molecule has 0 saturated carbocycles.